The summed E-state index contributed by atoms with van der Waals surface area (Å²) in [6, 6.07) is 4.90. The largest absolute Gasteiger partial charge is 0.494 e. The number of hydrogen-bond acceptors (Lipinski definition) is 5. The van der Waals surface area contributed by atoms with Gasteiger partial charge in [0.2, 0.25) is 0 Å². The van der Waals surface area contributed by atoms with E-state index in [4.69, 9.17) is 9.47 Å². The lowest BCUT2D eigenvalue weighted by Gasteiger charge is -2.31. The Hall–Kier alpha value is -2.29. The number of hydrogen-bond donors (Lipinski definition) is 0. The first-order valence-electron chi connectivity index (χ1n) is 9.00. The second-order valence-electron chi connectivity index (χ2n) is 6.63. The van der Waals surface area contributed by atoms with Crippen LogP contribution in [0.5, 0.6) is 5.75 Å². The third-order valence-electron chi connectivity index (χ3n) is 4.66. The SMILES string of the molecule is O=C(OCc1cscn1)N1CCC(CCOc2cccc(C(F)(F)F)c2)CC1. The molecule has 2 aromatic rings. The van der Waals surface area contributed by atoms with Crippen LogP contribution in [0.15, 0.2) is 35.2 Å². The molecule has 0 bridgehead atoms. The fraction of sp³-hybridized carbons (Fsp3) is 0.474. The van der Waals surface area contributed by atoms with Crippen LogP contribution in [0, 0.1) is 5.92 Å². The number of aromatic nitrogens is 1. The van der Waals surface area contributed by atoms with Crippen molar-refractivity contribution in [2.45, 2.75) is 32.0 Å². The van der Waals surface area contributed by atoms with E-state index in [1.54, 1.807) is 10.4 Å². The first-order chi connectivity index (χ1) is 13.4. The Bertz CT molecular complexity index is 760. The van der Waals surface area contributed by atoms with Gasteiger partial charge in [-0.25, -0.2) is 9.78 Å². The first-order valence-corrected chi connectivity index (χ1v) is 9.95. The van der Waals surface area contributed by atoms with Crippen molar-refractivity contribution in [1.29, 1.82) is 0 Å². The van der Waals surface area contributed by atoms with Crippen LogP contribution in [0.2, 0.25) is 0 Å². The number of nitrogens with zero attached hydrogens (tertiary/aromatic N) is 2. The Labute approximate surface area is 165 Å². The highest BCUT2D eigenvalue weighted by atomic mass is 32.1. The van der Waals surface area contributed by atoms with Crippen LogP contribution < -0.4 is 4.74 Å². The Balaban J connectivity index is 1.36. The van der Waals surface area contributed by atoms with Gasteiger partial charge in [-0.15, -0.1) is 11.3 Å². The van der Waals surface area contributed by atoms with Crippen molar-refractivity contribution in [3.8, 4) is 5.75 Å². The van der Waals surface area contributed by atoms with Crippen LogP contribution in [0.25, 0.3) is 0 Å². The van der Waals surface area contributed by atoms with Gasteiger partial charge in [-0.2, -0.15) is 13.2 Å². The number of carbonyl (C=O) groups is 1. The highest BCUT2D eigenvalue weighted by Gasteiger charge is 2.30. The minimum absolute atomic E-state index is 0.174. The molecule has 5 nitrogen and oxygen atoms in total. The fourth-order valence-corrected chi connectivity index (χ4v) is 3.59. The lowest BCUT2D eigenvalue weighted by Crippen LogP contribution is -2.39. The summed E-state index contributed by atoms with van der Waals surface area (Å²) in [7, 11) is 0. The summed E-state index contributed by atoms with van der Waals surface area (Å²) in [6.07, 6.45) is -2.35. The van der Waals surface area contributed by atoms with Crippen LogP contribution in [-0.4, -0.2) is 35.7 Å². The zero-order valence-electron chi connectivity index (χ0n) is 15.2. The molecular formula is C19H21F3N2O3S. The minimum Gasteiger partial charge on any atom is -0.494 e. The van der Waals surface area contributed by atoms with Gasteiger partial charge in [0, 0.05) is 18.5 Å². The van der Waals surface area contributed by atoms with Crippen LogP contribution in [-0.2, 0) is 17.5 Å². The maximum absolute atomic E-state index is 12.7. The average Bonchev–Trinajstić information content (AvgIpc) is 3.20. The van der Waals surface area contributed by atoms with Crippen molar-refractivity contribution in [3.05, 3.63) is 46.4 Å². The van der Waals surface area contributed by atoms with E-state index in [0.717, 1.165) is 37.1 Å². The van der Waals surface area contributed by atoms with Gasteiger partial charge >= 0.3 is 12.3 Å². The molecule has 1 fully saturated rings. The van der Waals surface area contributed by atoms with E-state index in [9.17, 15) is 18.0 Å². The summed E-state index contributed by atoms with van der Waals surface area (Å²) >= 11 is 1.45. The second kappa shape index (κ2) is 9.27. The molecule has 0 saturated carbocycles. The number of alkyl halides is 3. The topological polar surface area (TPSA) is 51.7 Å². The number of amides is 1. The molecule has 0 aliphatic carbocycles. The molecule has 152 valence electrons. The van der Waals surface area contributed by atoms with Gasteiger partial charge in [0.1, 0.15) is 12.4 Å². The van der Waals surface area contributed by atoms with Gasteiger partial charge in [-0.05, 0) is 43.4 Å². The number of piperidine rings is 1. The van der Waals surface area contributed by atoms with Crippen LogP contribution in [0.1, 0.15) is 30.5 Å². The van der Waals surface area contributed by atoms with E-state index in [0.29, 0.717) is 25.6 Å². The van der Waals surface area contributed by atoms with Crippen molar-refractivity contribution in [2.75, 3.05) is 19.7 Å². The quantitative estimate of drug-likeness (QED) is 0.669. The zero-order valence-corrected chi connectivity index (χ0v) is 16.0. The van der Waals surface area contributed by atoms with E-state index in [2.05, 4.69) is 4.98 Å². The van der Waals surface area contributed by atoms with Crippen LogP contribution in [0.3, 0.4) is 0 Å². The molecule has 1 amide bonds. The molecule has 1 saturated heterocycles. The molecule has 0 atom stereocenters. The first kappa shape index (κ1) is 20.4. The summed E-state index contributed by atoms with van der Waals surface area (Å²) in [6.45, 7) is 1.72. The predicted octanol–water partition coefficient (Wildman–Crippen LogP) is 4.98. The molecule has 9 heteroatoms. The van der Waals surface area contributed by atoms with Crippen molar-refractivity contribution < 1.29 is 27.4 Å². The third-order valence-corrected chi connectivity index (χ3v) is 5.29. The number of benzene rings is 1. The number of thiazole rings is 1. The van der Waals surface area contributed by atoms with Crippen molar-refractivity contribution in [3.63, 3.8) is 0 Å². The molecule has 1 aromatic carbocycles. The van der Waals surface area contributed by atoms with Crippen LogP contribution in [0.4, 0.5) is 18.0 Å². The molecule has 0 unspecified atom stereocenters. The standard InChI is InChI=1S/C19H21F3N2O3S/c20-19(21,22)15-2-1-3-17(10-15)26-9-6-14-4-7-24(8-5-14)18(25)27-11-16-12-28-13-23-16/h1-3,10,12-14H,4-9,11H2. The van der Waals surface area contributed by atoms with Gasteiger partial charge in [0.25, 0.3) is 0 Å². The lowest BCUT2D eigenvalue weighted by molar-refractivity contribution is -0.137. The molecule has 3 rings (SSSR count). The maximum Gasteiger partial charge on any atom is 0.416 e. The summed E-state index contributed by atoms with van der Waals surface area (Å²) in [4.78, 5) is 17.8. The zero-order chi connectivity index (χ0) is 20.0. The molecule has 0 radical (unpaired) electrons. The number of halogens is 3. The third kappa shape index (κ3) is 5.85. The predicted molar refractivity (Wildman–Crippen MR) is 98.2 cm³/mol. The Morgan fingerprint density at radius 3 is 2.75 bits per heavy atom. The molecule has 0 N–H and O–H groups in total. The number of likely N-dealkylation sites (tertiary alicyclic amines) is 1. The normalized spacial score (nSPS) is 15.5. The van der Waals surface area contributed by atoms with Crippen molar-refractivity contribution >= 4 is 17.4 Å². The van der Waals surface area contributed by atoms with Gasteiger partial charge in [-0.1, -0.05) is 6.07 Å². The number of rotatable bonds is 6. The highest BCUT2D eigenvalue weighted by Crippen LogP contribution is 2.31. The van der Waals surface area contributed by atoms with E-state index in [1.165, 1.54) is 23.5 Å². The summed E-state index contributed by atoms with van der Waals surface area (Å²) in [5.41, 5.74) is 1.71. The molecule has 0 spiro atoms. The number of carbonyl (C=O) groups excluding carboxylic acids is 1. The maximum atomic E-state index is 12.7. The molecular weight excluding hydrogens is 393 g/mol. The Morgan fingerprint density at radius 2 is 2.07 bits per heavy atom. The van der Waals surface area contributed by atoms with Crippen molar-refractivity contribution in [2.24, 2.45) is 5.92 Å². The van der Waals surface area contributed by atoms with Crippen LogP contribution >= 0.6 is 11.3 Å². The van der Waals surface area contributed by atoms with E-state index < -0.39 is 11.7 Å². The smallest absolute Gasteiger partial charge is 0.416 e. The molecule has 1 aliphatic heterocycles. The van der Waals surface area contributed by atoms with E-state index in [-0.39, 0.29) is 18.4 Å². The molecule has 1 aliphatic rings. The second-order valence-corrected chi connectivity index (χ2v) is 7.35. The summed E-state index contributed by atoms with van der Waals surface area (Å²) in [5, 5.41) is 1.84. The molecule has 1 aromatic heterocycles. The fourth-order valence-electron chi connectivity index (χ4n) is 3.05. The van der Waals surface area contributed by atoms with Gasteiger partial charge in [-0.3, -0.25) is 0 Å². The number of ether oxygens (including phenoxy) is 2. The molecule has 28 heavy (non-hydrogen) atoms. The van der Waals surface area contributed by atoms with Gasteiger partial charge < -0.3 is 14.4 Å². The Morgan fingerprint density at radius 1 is 1.29 bits per heavy atom. The van der Waals surface area contributed by atoms with Gasteiger partial charge in [0.15, 0.2) is 0 Å². The Kier molecular flexibility index (Phi) is 6.77. The monoisotopic (exact) mass is 414 g/mol. The van der Waals surface area contributed by atoms with E-state index >= 15 is 0 Å². The highest BCUT2D eigenvalue weighted by molar-refractivity contribution is 7.07. The van der Waals surface area contributed by atoms with Gasteiger partial charge in [0.05, 0.1) is 23.4 Å². The summed E-state index contributed by atoms with van der Waals surface area (Å²) < 4.78 is 48.9. The minimum atomic E-state index is -4.37. The molecule has 2 heterocycles. The summed E-state index contributed by atoms with van der Waals surface area (Å²) in [5.74, 6) is 0.589. The average molecular weight is 414 g/mol. The van der Waals surface area contributed by atoms with E-state index in [1.807, 2.05) is 5.38 Å². The lowest BCUT2D eigenvalue weighted by atomic mass is 9.94. The van der Waals surface area contributed by atoms with Crippen molar-refractivity contribution in [1.82, 2.24) is 9.88 Å².